The monoisotopic (exact) mass is 147 g/mol. The Morgan fingerprint density at radius 3 is 1.50 bits per heavy atom. The Balaban J connectivity index is 3.39. The van der Waals surface area contributed by atoms with E-state index in [1.165, 1.54) is 0 Å². The van der Waals surface area contributed by atoms with E-state index in [0.717, 1.165) is 0 Å². The first-order valence-corrected chi connectivity index (χ1v) is 9.58. The highest BCUT2D eigenvalue weighted by Crippen LogP contribution is 1.94. The molecule has 1 N–H and O–H groups in total. The van der Waals surface area contributed by atoms with Gasteiger partial charge in [-0.3, -0.25) is 0 Å². The van der Waals surface area contributed by atoms with Crippen LogP contribution in [0.1, 0.15) is 0 Å². The summed E-state index contributed by atoms with van der Waals surface area (Å²) >= 11 is 0. The molecule has 8 heavy (non-hydrogen) atoms. The van der Waals surface area contributed by atoms with Gasteiger partial charge >= 0.3 is 0 Å². The molecule has 0 atom stereocenters. The second kappa shape index (κ2) is 2.80. The minimum absolute atomic E-state index is 0.484. The molecule has 0 amide bonds. The van der Waals surface area contributed by atoms with E-state index in [1.54, 1.807) is 0 Å². The van der Waals surface area contributed by atoms with Crippen LogP contribution in [0.15, 0.2) is 0 Å². The zero-order valence-electron chi connectivity index (χ0n) is 6.58. The lowest BCUT2D eigenvalue weighted by atomic mass is 11.8. The molecule has 50 valence electrons. The largest absolute Gasteiger partial charge is 0.362 e. The molecule has 0 aliphatic rings. The SMILES string of the molecule is C[SiH](C)N[Si](C)(C)C. The van der Waals surface area contributed by atoms with Crippen LogP contribution in [0.3, 0.4) is 0 Å². The molecule has 0 rings (SSSR count). The van der Waals surface area contributed by atoms with Crippen LogP contribution >= 0.6 is 0 Å². The molecule has 0 unspecified atom stereocenters. The van der Waals surface area contributed by atoms with Crippen molar-refractivity contribution in [2.75, 3.05) is 0 Å². The fourth-order valence-electron chi connectivity index (χ4n) is 0.866. The van der Waals surface area contributed by atoms with Crippen molar-refractivity contribution in [3.05, 3.63) is 0 Å². The molecule has 0 heterocycles. The van der Waals surface area contributed by atoms with Gasteiger partial charge in [0, 0.05) is 0 Å². The van der Waals surface area contributed by atoms with Crippen molar-refractivity contribution >= 4 is 17.2 Å². The number of nitrogens with one attached hydrogen (secondary N) is 1. The van der Waals surface area contributed by atoms with Gasteiger partial charge in [-0.15, -0.1) is 0 Å². The quantitative estimate of drug-likeness (QED) is 0.582. The van der Waals surface area contributed by atoms with Crippen molar-refractivity contribution in [2.24, 2.45) is 0 Å². The Morgan fingerprint density at radius 1 is 1.12 bits per heavy atom. The van der Waals surface area contributed by atoms with E-state index in [9.17, 15) is 0 Å². The highest BCUT2D eigenvalue weighted by molar-refractivity contribution is 6.82. The molecule has 0 bridgehead atoms. The van der Waals surface area contributed by atoms with Gasteiger partial charge < -0.3 is 4.65 Å². The van der Waals surface area contributed by atoms with Gasteiger partial charge in [0.25, 0.3) is 0 Å². The zero-order chi connectivity index (χ0) is 6.78. The lowest BCUT2D eigenvalue weighted by molar-refractivity contribution is 1.36. The van der Waals surface area contributed by atoms with Crippen molar-refractivity contribution in [3.8, 4) is 0 Å². The molecule has 1 nitrogen and oxygen atoms in total. The second-order valence-corrected chi connectivity index (χ2v) is 11.5. The van der Waals surface area contributed by atoms with Crippen LogP contribution in [0.5, 0.6) is 0 Å². The van der Waals surface area contributed by atoms with Gasteiger partial charge in [-0.05, 0) is 0 Å². The van der Waals surface area contributed by atoms with Crippen molar-refractivity contribution in [1.29, 1.82) is 0 Å². The van der Waals surface area contributed by atoms with Gasteiger partial charge in [-0.2, -0.15) is 0 Å². The van der Waals surface area contributed by atoms with E-state index in [-0.39, 0.29) is 0 Å². The van der Waals surface area contributed by atoms with E-state index in [2.05, 4.69) is 37.4 Å². The lowest BCUT2D eigenvalue weighted by Gasteiger charge is -2.20. The Bertz CT molecular complexity index is 65.3. The number of rotatable bonds is 2. The molecule has 0 saturated carbocycles. The lowest BCUT2D eigenvalue weighted by Crippen LogP contribution is -2.47. The van der Waals surface area contributed by atoms with Gasteiger partial charge in [-0.1, -0.05) is 32.7 Å². The van der Waals surface area contributed by atoms with E-state index in [1.807, 2.05) is 0 Å². The molecular weight excluding hydrogens is 130 g/mol. The molecule has 0 saturated heterocycles. The molecular formula is C5H17NSi2. The van der Waals surface area contributed by atoms with E-state index in [0.29, 0.717) is 0 Å². The molecule has 0 aliphatic heterocycles. The summed E-state index contributed by atoms with van der Waals surface area (Å²) < 4.78 is 3.66. The van der Waals surface area contributed by atoms with Crippen molar-refractivity contribution in [2.45, 2.75) is 32.7 Å². The summed E-state index contributed by atoms with van der Waals surface area (Å²) in [6.45, 7) is 11.7. The maximum Gasteiger partial charge on any atom is 0.109 e. The van der Waals surface area contributed by atoms with Crippen LogP contribution in [0, 0.1) is 0 Å². The summed E-state index contributed by atoms with van der Waals surface area (Å²) in [4.78, 5) is 0. The predicted octanol–water partition coefficient (Wildman–Crippen LogP) is 1.39. The zero-order valence-corrected chi connectivity index (χ0v) is 8.73. The van der Waals surface area contributed by atoms with E-state index >= 15 is 0 Å². The third-order valence-electron chi connectivity index (χ3n) is 0.722. The van der Waals surface area contributed by atoms with Gasteiger partial charge in [0.1, 0.15) is 8.24 Å². The first-order valence-electron chi connectivity index (χ1n) is 3.19. The normalized spacial score (nSPS) is 12.8. The van der Waals surface area contributed by atoms with Crippen molar-refractivity contribution in [3.63, 3.8) is 0 Å². The predicted molar refractivity (Wildman–Crippen MR) is 45.4 cm³/mol. The van der Waals surface area contributed by atoms with Crippen LogP contribution in [0.4, 0.5) is 0 Å². The van der Waals surface area contributed by atoms with Gasteiger partial charge in [-0.25, -0.2) is 0 Å². The van der Waals surface area contributed by atoms with Crippen molar-refractivity contribution < 1.29 is 0 Å². The van der Waals surface area contributed by atoms with Crippen LogP contribution in [-0.4, -0.2) is 17.2 Å². The van der Waals surface area contributed by atoms with Crippen molar-refractivity contribution in [1.82, 2.24) is 4.65 Å². The van der Waals surface area contributed by atoms with Gasteiger partial charge in [0.15, 0.2) is 0 Å². The Kier molecular flexibility index (Phi) is 2.94. The topological polar surface area (TPSA) is 12.0 Å². The molecule has 0 fully saturated rings. The fourth-order valence-corrected chi connectivity index (χ4v) is 7.79. The summed E-state index contributed by atoms with van der Waals surface area (Å²) in [5.74, 6) is 0. The Hall–Kier alpha value is 0.394. The molecule has 3 heteroatoms. The summed E-state index contributed by atoms with van der Waals surface area (Å²) in [6, 6.07) is 0. The third-order valence-corrected chi connectivity index (χ3v) is 6.50. The third kappa shape index (κ3) is 6.39. The van der Waals surface area contributed by atoms with E-state index in [4.69, 9.17) is 0 Å². The summed E-state index contributed by atoms with van der Waals surface area (Å²) in [7, 11) is -1.39. The molecule has 0 aromatic heterocycles. The van der Waals surface area contributed by atoms with E-state index < -0.39 is 17.2 Å². The van der Waals surface area contributed by atoms with Crippen LogP contribution < -0.4 is 4.65 Å². The Labute approximate surface area is 55.3 Å². The summed E-state index contributed by atoms with van der Waals surface area (Å²) in [6.07, 6.45) is 0. The Morgan fingerprint density at radius 2 is 1.50 bits per heavy atom. The average Bonchev–Trinajstić information content (AvgIpc) is 1.21. The molecule has 0 aliphatic carbocycles. The first-order chi connectivity index (χ1) is 3.42. The minimum atomic E-state index is -0.909. The minimum Gasteiger partial charge on any atom is -0.362 e. The van der Waals surface area contributed by atoms with Crippen LogP contribution in [0.25, 0.3) is 0 Å². The van der Waals surface area contributed by atoms with Gasteiger partial charge in [0.2, 0.25) is 0 Å². The maximum absolute atomic E-state index is 3.66. The molecule has 0 spiro atoms. The van der Waals surface area contributed by atoms with Gasteiger partial charge in [0.05, 0.1) is 8.96 Å². The average molecular weight is 147 g/mol. The summed E-state index contributed by atoms with van der Waals surface area (Å²) in [5.41, 5.74) is 0. The highest BCUT2D eigenvalue weighted by atomic mass is 28.4. The molecule has 0 radical (unpaired) electrons. The fraction of sp³-hybridized carbons (Fsp3) is 1.00. The smallest absolute Gasteiger partial charge is 0.109 e. The first kappa shape index (κ1) is 8.39. The van der Waals surface area contributed by atoms with Crippen LogP contribution in [0.2, 0.25) is 32.7 Å². The standard InChI is InChI=1S/C5H17NSi2/c1-7(2)6-8(3,4)5/h6-7H,1-5H3. The highest BCUT2D eigenvalue weighted by Gasteiger charge is 2.12. The molecule has 0 aromatic carbocycles. The summed E-state index contributed by atoms with van der Waals surface area (Å²) in [5, 5.41) is 0. The number of hydrogen-bond acceptors (Lipinski definition) is 1. The number of hydrogen-bond donors (Lipinski definition) is 1. The second-order valence-electron chi connectivity index (χ2n) is 3.55. The maximum atomic E-state index is 3.66. The molecule has 0 aromatic rings. The van der Waals surface area contributed by atoms with Crippen LogP contribution in [-0.2, 0) is 0 Å².